The van der Waals surface area contributed by atoms with Gasteiger partial charge in [-0.1, -0.05) is 0 Å². The van der Waals surface area contributed by atoms with Gasteiger partial charge in [-0.05, 0) is 57.0 Å². The zero-order valence-electron chi connectivity index (χ0n) is 15.9. The molecule has 2 aromatic rings. The molecule has 2 fully saturated rings. The van der Waals surface area contributed by atoms with Gasteiger partial charge < -0.3 is 14.2 Å². The quantitative estimate of drug-likeness (QED) is 0.849. The molecule has 26 heavy (non-hydrogen) atoms. The minimum Gasteiger partial charge on any atom is -0.464 e. The van der Waals surface area contributed by atoms with E-state index >= 15 is 0 Å². The smallest absolute Gasteiger partial charge is 0.253 e. The van der Waals surface area contributed by atoms with Gasteiger partial charge in [-0.2, -0.15) is 0 Å². The number of piperidine rings is 1. The average molecular weight is 355 g/mol. The maximum atomic E-state index is 12.9. The Morgan fingerprint density at radius 1 is 1.08 bits per heavy atom. The minimum absolute atomic E-state index is 0.152. The number of amides is 1. The van der Waals surface area contributed by atoms with Crippen LogP contribution in [0.25, 0.3) is 11.0 Å². The summed E-state index contributed by atoms with van der Waals surface area (Å²) in [6, 6.07) is 8.25. The SMILES string of the molecule is C[C@H](C1CCN(C(=O)c2ccc3occc3c2)CC1)N1CCN(C)CC1. The molecular weight excluding hydrogens is 326 g/mol. The van der Waals surface area contributed by atoms with Crippen molar-refractivity contribution < 1.29 is 9.21 Å². The van der Waals surface area contributed by atoms with E-state index in [1.807, 2.05) is 29.2 Å². The fourth-order valence-electron chi connectivity index (χ4n) is 4.39. The molecule has 1 amide bonds. The third kappa shape index (κ3) is 3.51. The van der Waals surface area contributed by atoms with Crippen LogP contribution in [0.4, 0.5) is 0 Å². The molecule has 0 N–H and O–H groups in total. The lowest BCUT2D eigenvalue weighted by atomic mass is 9.88. The Morgan fingerprint density at radius 2 is 1.81 bits per heavy atom. The van der Waals surface area contributed by atoms with Gasteiger partial charge in [0.15, 0.2) is 0 Å². The van der Waals surface area contributed by atoms with E-state index in [9.17, 15) is 4.79 Å². The predicted octanol–water partition coefficient (Wildman–Crippen LogP) is 2.92. The number of rotatable bonds is 3. The molecule has 5 heteroatoms. The van der Waals surface area contributed by atoms with Crippen molar-refractivity contribution in [3.05, 3.63) is 36.1 Å². The van der Waals surface area contributed by atoms with E-state index in [2.05, 4.69) is 23.8 Å². The highest BCUT2D eigenvalue weighted by Crippen LogP contribution is 2.26. The number of carbonyl (C=O) groups is 1. The van der Waals surface area contributed by atoms with Crippen molar-refractivity contribution in [2.75, 3.05) is 46.3 Å². The molecule has 1 aromatic heterocycles. The normalized spacial score (nSPS) is 22.0. The number of likely N-dealkylation sites (tertiary alicyclic amines) is 1. The predicted molar refractivity (Wildman–Crippen MR) is 103 cm³/mol. The summed E-state index contributed by atoms with van der Waals surface area (Å²) in [4.78, 5) is 19.9. The summed E-state index contributed by atoms with van der Waals surface area (Å²) in [6.45, 7) is 8.77. The van der Waals surface area contributed by atoms with E-state index in [0.717, 1.165) is 55.6 Å². The molecule has 2 saturated heterocycles. The highest BCUT2D eigenvalue weighted by molar-refractivity contribution is 5.97. The van der Waals surface area contributed by atoms with Gasteiger partial charge in [-0.25, -0.2) is 0 Å². The molecular formula is C21H29N3O2. The van der Waals surface area contributed by atoms with Gasteiger partial charge in [0.05, 0.1) is 6.26 Å². The molecule has 1 aromatic carbocycles. The molecule has 2 aliphatic rings. The van der Waals surface area contributed by atoms with Crippen molar-refractivity contribution in [1.82, 2.24) is 14.7 Å². The van der Waals surface area contributed by atoms with E-state index in [4.69, 9.17) is 4.42 Å². The monoisotopic (exact) mass is 355 g/mol. The Balaban J connectivity index is 1.34. The fourth-order valence-corrected chi connectivity index (χ4v) is 4.39. The maximum absolute atomic E-state index is 12.9. The summed E-state index contributed by atoms with van der Waals surface area (Å²) in [6.07, 6.45) is 3.88. The number of hydrogen-bond donors (Lipinski definition) is 0. The zero-order valence-corrected chi connectivity index (χ0v) is 15.9. The van der Waals surface area contributed by atoms with E-state index in [1.54, 1.807) is 6.26 Å². The zero-order chi connectivity index (χ0) is 18.1. The molecule has 0 saturated carbocycles. The van der Waals surface area contributed by atoms with Crippen molar-refractivity contribution in [2.24, 2.45) is 5.92 Å². The standard InChI is InChI=1S/C21H29N3O2/c1-16(23-12-10-22(2)11-13-23)17-5-8-24(9-6-17)21(25)19-3-4-20-18(15-19)7-14-26-20/h3-4,7,14-17H,5-6,8-13H2,1-2H3/t16-/m1/s1. The number of hydrogen-bond acceptors (Lipinski definition) is 4. The van der Waals surface area contributed by atoms with Gasteiger partial charge in [0, 0.05) is 56.3 Å². The first kappa shape index (κ1) is 17.6. The Labute approximate surface area is 155 Å². The number of fused-ring (bicyclic) bond motifs is 1. The number of nitrogens with zero attached hydrogens (tertiary/aromatic N) is 3. The van der Waals surface area contributed by atoms with E-state index in [-0.39, 0.29) is 5.91 Å². The topological polar surface area (TPSA) is 39.9 Å². The number of carbonyl (C=O) groups excluding carboxylic acids is 1. The first-order valence-electron chi connectivity index (χ1n) is 9.81. The van der Waals surface area contributed by atoms with E-state index in [0.29, 0.717) is 12.0 Å². The van der Waals surface area contributed by atoms with Gasteiger partial charge in [0.25, 0.3) is 5.91 Å². The molecule has 5 nitrogen and oxygen atoms in total. The lowest BCUT2D eigenvalue weighted by Gasteiger charge is -2.42. The van der Waals surface area contributed by atoms with Gasteiger partial charge in [-0.3, -0.25) is 9.69 Å². The van der Waals surface area contributed by atoms with Gasteiger partial charge in [-0.15, -0.1) is 0 Å². The Kier molecular flexibility index (Phi) is 5.00. The van der Waals surface area contributed by atoms with Gasteiger partial charge >= 0.3 is 0 Å². The molecule has 0 spiro atoms. The second-order valence-electron chi connectivity index (χ2n) is 7.88. The van der Waals surface area contributed by atoms with Gasteiger partial charge in [0.1, 0.15) is 5.58 Å². The van der Waals surface area contributed by atoms with Crippen molar-refractivity contribution in [3.63, 3.8) is 0 Å². The van der Waals surface area contributed by atoms with Crippen molar-refractivity contribution in [2.45, 2.75) is 25.8 Å². The Bertz CT molecular complexity index is 755. The molecule has 140 valence electrons. The van der Waals surface area contributed by atoms with Crippen molar-refractivity contribution in [3.8, 4) is 0 Å². The highest BCUT2D eigenvalue weighted by Gasteiger charge is 2.30. The minimum atomic E-state index is 0.152. The molecule has 3 heterocycles. The van der Waals surface area contributed by atoms with Crippen LogP contribution in [0.1, 0.15) is 30.1 Å². The van der Waals surface area contributed by atoms with Crippen LogP contribution in [0.15, 0.2) is 34.9 Å². The van der Waals surface area contributed by atoms with Crippen molar-refractivity contribution >= 4 is 16.9 Å². The lowest BCUT2D eigenvalue weighted by molar-refractivity contribution is 0.0500. The molecule has 0 radical (unpaired) electrons. The fraction of sp³-hybridized carbons (Fsp3) is 0.571. The van der Waals surface area contributed by atoms with Crippen molar-refractivity contribution in [1.29, 1.82) is 0 Å². The first-order chi connectivity index (χ1) is 12.6. The summed E-state index contributed by atoms with van der Waals surface area (Å²) < 4.78 is 5.37. The summed E-state index contributed by atoms with van der Waals surface area (Å²) in [5.74, 6) is 0.845. The van der Waals surface area contributed by atoms with Crippen LogP contribution in [0.5, 0.6) is 0 Å². The molecule has 0 aliphatic carbocycles. The molecule has 0 bridgehead atoms. The largest absolute Gasteiger partial charge is 0.464 e. The summed E-state index contributed by atoms with van der Waals surface area (Å²) in [5.41, 5.74) is 1.60. The molecule has 2 aliphatic heterocycles. The number of piperazine rings is 1. The van der Waals surface area contributed by atoms with Crippen LogP contribution in [0.3, 0.4) is 0 Å². The van der Waals surface area contributed by atoms with Crippen LogP contribution >= 0.6 is 0 Å². The van der Waals surface area contributed by atoms with Gasteiger partial charge in [0.2, 0.25) is 0 Å². The number of furan rings is 1. The van der Waals surface area contributed by atoms with Crippen LogP contribution in [0, 0.1) is 5.92 Å². The Morgan fingerprint density at radius 3 is 2.54 bits per heavy atom. The van der Waals surface area contributed by atoms with Crippen LogP contribution < -0.4 is 0 Å². The molecule has 4 rings (SSSR count). The average Bonchev–Trinajstić information content (AvgIpc) is 3.15. The summed E-state index contributed by atoms with van der Waals surface area (Å²) in [5, 5.41) is 0.995. The third-order valence-corrected chi connectivity index (χ3v) is 6.32. The van der Waals surface area contributed by atoms with Crippen LogP contribution in [0.2, 0.25) is 0 Å². The second kappa shape index (κ2) is 7.41. The maximum Gasteiger partial charge on any atom is 0.253 e. The third-order valence-electron chi connectivity index (χ3n) is 6.32. The lowest BCUT2D eigenvalue weighted by Crippen LogP contribution is -2.52. The first-order valence-corrected chi connectivity index (χ1v) is 9.81. The molecule has 1 atom stereocenters. The van der Waals surface area contributed by atoms with E-state index < -0.39 is 0 Å². The summed E-state index contributed by atoms with van der Waals surface area (Å²) in [7, 11) is 2.20. The number of likely N-dealkylation sites (N-methyl/N-ethyl adjacent to an activating group) is 1. The summed E-state index contributed by atoms with van der Waals surface area (Å²) >= 11 is 0. The van der Waals surface area contributed by atoms with Crippen LogP contribution in [-0.2, 0) is 0 Å². The second-order valence-corrected chi connectivity index (χ2v) is 7.88. The van der Waals surface area contributed by atoms with E-state index in [1.165, 1.54) is 13.1 Å². The Hall–Kier alpha value is -1.85. The molecule has 0 unspecified atom stereocenters. The number of benzene rings is 1. The highest BCUT2D eigenvalue weighted by atomic mass is 16.3. The van der Waals surface area contributed by atoms with Crippen LogP contribution in [-0.4, -0.2) is 73.0 Å².